The maximum atomic E-state index is 10.1. The standard InChI is InChI=1S/C14H10BrNO/c15-12-8-16-7-11(12)14-10-4-2-1-3-9(10)5-6-13(14)17/h1-8,16-17H. The molecule has 0 saturated carbocycles. The molecule has 17 heavy (non-hydrogen) atoms. The van der Waals surface area contributed by atoms with E-state index in [1.165, 1.54) is 0 Å². The van der Waals surface area contributed by atoms with E-state index in [1.807, 2.05) is 42.7 Å². The largest absolute Gasteiger partial charge is 0.507 e. The highest BCUT2D eigenvalue weighted by atomic mass is 79.9. The van der Waals surface area contributed by atoms with Gasteiger partial charge in [0.1, 0.15) is 5.75 Å². The van der Waals surface area contributed by atoms with E-state index in [4.69, 9.17) is 0 Å². The zero-order valence-corrected chi connectivity index (χ0v) is 10.5. The highest BCUT2D eigenvalue weighted by Gasteiger charge is 2.12. The van der Waals surface area contributed by atoms with Crippen molar-refractivity contribution in [3.8, 4) is 16.9 Å². The Kier molecular flexibility index (Phi) is 2.41. The van der Waals surface area contributed by atoms with Crippen molar-refractivity contribution in [2.24, 2.45) is 0 Å². The third kappa shape index (κ3) is 1.63. The highest BCUT2D eigenvalue weighted by molar-refractivity contribution is 9.10. The van der Waals surface area contributed by atoms with Gasteiger partial charge >= 0.3 is 0 Å². The fourth-order valence-corrected chi connectivity index (χ4v) is 2.52. The Morgan fingerprint density at radius 3 is 2.59 bits per heavy atom. The van der Waals surface area contributed by atoms with E-state index in [0.29, 0.717) is 5.75 Å². The second-order valence-electron chi connectivity index (χ2n) is 3.90. The van der Waals surface area contributed by atoms with Crippen LogP contribution < -0.4 is 0 Å². The number of aromatic hydroxyl groups is 1. The molecular formula is C14H10BrNO. The number of benzene rings is 2. The molecule has 0 spiro atoms. The van der Waals surface area contributed by atoms with Crippen LogP contribution in [0.3, 0.4) is 0 Å². The molecule has 84 valence electrons. The summed E-state index contributed by atoms with van der Waals surface area (Å²) in [6.07, 6.45) is 3.74. The summed E-state index contributed by atoms with van der Waals surface area (Å²) in [7, 11) is 0. The van der Waals surface area contributed by atoms with Crippen molar-refractivity contribution in [3.63, 3.8) is 0 Å². The van der Waals surface area contributed by atoms with Gasteiger partial charge in [0.05, 0.1) is 0 Å². The third-order valence-corrected chi connectivity index (χ3v) is 3.53. The second kappa shape index (κ2) is 3.93. The predicted molar refractivity (Wildman–Crippen MR) is 73.1 cm³/mol. The molecule has 0 unspecified atom stereocenters. The van der Waals surface area contributed by atoms with Gasteiger partial charge in [-0.3, -0.25) is 0 Å². The number of hydrogen-bond donors (Lipinski definition) is 2. The molecule has 0 radical (unpaired) electrons. The summed E-state index contributed by atoms with van der Waals surface area (Å²) in [5.74, 6) is 0.295. The number of phenols is 1. The summed E-state index contributed by atoms with van der Waals surface area (Å²) in [5.41, 5.74) is 1.83. The molecule has 0 aliphatic carbocycles. The quantitative estimate of drug-likeness (QED) is 0.688. The first-order valence-corrected chi connectivity index (χ1v) is 6.10. The lowest BCUT2D eigenvalue weighted by atomic mass is 9.99. The van der Waals surface area contributed by atoms with Gasteiger partial charge in [-0.25, -0.2) is 0 Å². The van der Waals surface area contributed by atoms with Gasteiger partial charge in [-0.05, 0) is 32.8 Å². The van der Waals surface area contributed by atoms with E-state index in [-0.39, 0.29) is 0 Å². The molecule has 0 atom stereocenters. The molecule has 2 nitrogen and oxygen atoms in total. The van der Waals surface area contributed by atoms with E-state index < -0.39 is 0 Å². The number of rotatable bonds is 1. The Balaban J connectivity index is 2.42. The minimum Gasteiger partial charge on any atom is -0.507 e. The molecule has 0 saturated heterocycles. The van der Waals surface area contributed by atoms with Crippen LogP contribution in [-0.4, -0.2) is 10.1 Å². The molecule has 0 amide bonds. The summed E-state index contributed by atoms with van der Waals surface area (Å²) in [5, 5.41) is 12.2. The highest BCUT2D eigenvalue weighted by Crippen LogP contribution is 2.39. The van der Waals surface area contributed by atoms with Crippen LogP contribution in [0.4, 0.5) is 0 Å². The Bertz CT molecular complexity index is 688. The van der Waals surface area contributed by atoms with E-state index in [9.17, 15) is 5.11 Å². The Hall–Kier alpha value is -1.74. The molecule has 3 rings (SSSR count). The number of phenolic OH excluding ortho intramolecular Hbond substituents is 1. The van der Waals surface area contributed by atoms with Crippen molar-refractivity contribution < 1.29 is 5.11 Å². The van der Waals surface area contributed by atoms with Crippen molar-refractivity contribution in [1.29, 1.82) is 0 Å². The van der Waals surface area contributed by atoms with E-state index in [0.717, 1.165) is 26.4 Å². The number of aromatic nitrogens is 1. The van der Waals surface area contributed by atoms with Crippen molar-refractivity contribution >= 4 is 26.7 Å². The molecule has 1 heterocycles. The first-order valence-electron chi connectivity index (χ1n) is 5.31. The maximum absolute atomic E-state index is 10.1. The number of hydrogen-bond acceptors (Lipinski definition) is 1. The molecule has 0 aliphatic rings. The van der Waals surface area contributed by atoms with Gasteiger partial charge in [0, 0.05) is 28.0 Å². The monoisotopic (exact) mass is 287 g/mol. The number of halogens is 1. The summed E-state index contributed by atoms with van der Waals surface area (Å²) in [4.78, 5) is 3.03. The van der Waals surface area contributed by atoms with Gasteiger partial charge in [-0.15, -0.1) is 0 Å². The van der Waals surface area contributed by atoms with Gasteiger partial charge in [-0.1, -0.05) is 30.3 Å². The van der Waals surface area contributed by atoms with Crippen molar-refractivity contribution in [1.82, 2.24) is 4.98 Å². The summed E-state index contributed by atoms with van der Waals surface area (Å²) in [6.45, 7) is 0. The molecule has 3 heteroatoms. The molecular weight excluding hydrogens is 278 g/mol. The zero-order chi connectivity index (χ0) is 11.8. The molecule has 2 N–H and O–H groups in total. The summed E-state index contributed by atoms with van der Waals surface area (Å²) in [6, 6.07) is 11.7. The lowest BCUT2D eigenvalue weighted by Gasteiger charge is -2.08. The van der Waals surface area contributed by atoms with Crippen LogP contribution in [0.1, 0.15) is 0 Å². The van der Waals surface area contributed by atoms with Crippen LogP contribution in [-0.2, 0) is 0 Å². The zero-order valence-electron chi connectivity index (χ0n) is 8.94. The maximum Gasteiger partial charge on any atom is 0.124 e. The molecule has 3 aromatic rings. The van der Waals surface area contributed by atoms with Gasteiger partial charge in [-0.2, -0.15) is 0 Å². The van der Waals surface area contributed by atoms with Crippen molar-refractivity contribution in [2.75, 3.05) is 0 Å². The molecule has 1 aromatic heterocycles. The first kappa shape index (κ1) is 10.4. The van der Waals surface area contributed by atoms with Crippen molar-refractivity contribution in [3.05, 3.63) is 53.3 Å². The SMILES string of the molecule is Oc1ccc2ccccc2c1-c1c[nH]cc1Br. The topological polar surface area (TPSA) is 36.0 Å². The van der Waals surface area contributed by atoms with Crippen LogP contribution >= 0.6 is 15.9 Å². The fraction of sp³-hybridized carbons (Fsp3) is 0. The number of H-pyrrole nitrogens is 1. The second-order valence-corrected chi connectivity index (χ2v) is 4.75. The molecule has 0 bridgehead atoms. The van der Waals surface area contributed by atoms with Gasteiger partial charge in [0.25, 0.3) is 0 Å². The summed E-state index contributed by atoms with van der Waals surface area (Å²) >= 11 is 3.48. The van der Waals surface area contributed by atoms with Gasteiger partial charge < -0.3 is 10.1 Å². The average molecular weight is 288 g/mol. The van der Waals surface area contributed by atoms with Crippen LogP contribution in [0.15, 0.2) is 53.3 Å². The number of fused-ring (bicyclic) bond motifs is 1. The minimum absolute atomic E-state index is 0.295. The molecule has 0 aliphatic heterocycles. The average Bonchev–Trinajstić information content (AvgIpc) is 2.75. The fourth-order valence-electron chi connectivity index (χ4n) is 2.08. The smallest absolute Gasteiger partial charge is 0.124 e. The van der Waals surface area contributed by atoms with E-state index in [2.05, 4.69) is 20.9 Å². The van der Waals surface area contributed by atoms with Crippen LogP contribution in [0, 0.1) is 0 Å². The van der Waals surface area contributed by atoms with Crippen LogP contribution in [0.2, 0.25) is 0 Å². The normalized spacial score (nSPS) is 10.9. The third-order valence-electron chi connectivity index (χ3n) is 2.87. The molecule has 2 aromatic carbocycles. The first-order chi connectivity index (χ1) is 8.27. The Morgan fingerprint density at radius 1 is 1.00 bits per heavy atom. The van der Waals surface area contributed by atoms with Crippen LogP contribution in [0.25, 0.3) is 21.9 Å². The predicted octanol–water partition coefficient (Wildman–Crippen LogP) is 4.30. The Labute approximate surface area is 107 Å². The number of aromatic amines is 1. The summed E-state index contributed by atoms with van der Waals surface area (Å²) < 4.78 is 0.948. The van der Waals surface area contributed by atoms with E-state index in [1.54, 1.807) is 6.07 Å². The van der Waals surface area contributed by atoms with Crippen LogP contribution in [0.5, 0.6) is 5.75 Å². The Morgan fingerprint density at radius 2 is 1.82 bits per heavy atom. The van der Waals surface area contributed by atoms with Gasteiger partial charge in [0.2, 0.25) is 0 Å². The van der Waals surface area contributed by atoms with Gasteiger partial charge in [0.15, 0.2) is 0 Å². The lowest BCUT2D eigenvalue weighted by molar-refractivity contribution is 0.478. The van der Waals surface area contributed by atoms with E-state index >= 15 is 0 Å². The minimum atomic E-state index is 0.295. The number of nitrogens with one attached hydrogen (secondary N) is 1. The molecule has 0 fully saturated rings. The van der Waals surface area contributed by atoms with Crippen molar-refractivity contribution in [2.45, 2.75) is 0 Å². The lowest BCUT2D eigenvalue weighted by Crippen LogP contribution is -1.81.